The monoisotopic (exact) mass is 407 g/mol. The van der Waals surface area contributed by atoms with Gasteiger partial charge in [0.2, 0.25) is 5.91 Å². The van der Waals surface area contributed by atoms with Crippen molar-refractivity contribution >= 4 is 44.3 Å². The third-order valence-corrected chi connectivity index (χ3v) is 6.51. The van der Waals surface area contributed by atoms with Crippen LogP contribution in [0.4, 0.5) is 10.8 Å². The summed E-state index contributed by atoms with van der Waals surface area (Å²) in [4.78, 5) is 40.9. The Labute approximate surface area is 172 Å². The van der Waals surface area contributed by atoms with Crippen LogP contribution < -0.4 is 9.80 Å². The fraction of sp³-hybridized carbons (Fsp3) is 0.333. The molecule has 1 aromatic carbocycles. The number of amides is 2. The molecule has 0 unspecified atom stereocenters. The maximum Gasteiger partial charge on any atom is 0.254 e. The number of hydrogen-bond donors (Lipinski definition) is 0. The minimum atomic E-state index is 0.0177. The highest BCUT2D eigenvalue weighted by Crippen LogP contribution is 2.28. The number of benzene rings is 1. The minimum Gasteiger partial charge on any atom is -0.344 e. The summed E-state index contributed by atoms with van der Waals surface area (Å²) in [5.41, 5.74) is 2.37. The zero-order valence-corrected chi connectivity index (χ0v) is 16.8. The van der Waals surface area contributed by atoms with E-state index in [1.807, 2.05) is 41.3 Å². The Kier molecular flexibility index (Phi) is 4.63. The van der Waals surface area contributed by atoms with Crippen LogP contribution in [0.2, 0.25) is 0 Å². The molecule has 2 amide bonds. The first-order valence-electron chi connectivity index (χ1n) is 9.85. The highest BCUT2D eigenvalue weighted by Gasteiger charge is 2.26. The molecular formula is C21H21N5O2S. The first-order valence-corrected chi connectivity index (χ1v) is 10.7. The van der Waals surface area contributed by atoms with E-state index in [1.54, 1.807) is 22.4 Å². The molecule has 0 bridgehead atoms. The first-order chi connectivity index (χ1) is 14.2. The molecule has 8 heteroatoms. The summed E-state index contributed by atoms with van der Waals surface area (Å²) in [5.74, 6) is 0.151. The number of carbonyl (C=O) groups excluding carboxylic acids is 2. The van der Waals surface area contributed by atoms with Gasteiger partial charge in [0.05, 0.1) is 0 Å². The second-order valence-corrected chi connectivity index (χ2v) is 8.26. The summed E-state index contributed by atoms with van der Waals surface area (Å²) >= 11 is 1.59. The molecule has 4 heterocycles. The highest BCUT2D eigenvalue weighted by atomic mass is 32.1. The molecule has 29 heavy (non-hydrogen) atoms. The van der Waals surface area contributed by atoms with Crippen LogP contribution in [0, 0.1) is 0 Å². The van der Waals surface area contributed by atoms with Gasteiger partial charge in [-0.2, -0.15) is 0 Å². The highest BCUT2D eigenvalue weighted by molar-refractivity contribution is 7.21. The molecule has 2 aliphatic rings. The average Bonchev–Trinajstić information content (AvgIpc) is 3.39. The molecule has 2 saturated heterocycles. The van der Waals surface area contributed by atoms with Gasteiger partial charge < -0.3 is 14.7 Å². The number of carbonyl (C=O) groups is 2. The van der Waals surface area contributed by atoms with Gasteiger partial charge >= 0.3 is 0 Å². The molecule has 0 spiro atoms. The van der Waals surface area contributed by atoms with Crippen LogP contribution in [0.5, 0.6) is 0 Å². The molecule has 2 aromatic heterocycles. The number of thiazole rings is 1. The fourth-order valence-electron chi connectivity index (χ4n) is 3.91. The van der Waals surface area contributed by atoms with Crippen molar-refractivity contribution in [2.24, 2.45) is 0 Å². The van der Waals surface area contributed by atoms with E-state index in [2.05, 4.69) is 14.9 Å². The zero-order valence-electron chi connectivity index (χ0n) is 16.0. The van der Waals surface area contributed by atoms with Crippen molar-refractivity contribution in [1.82, 2.24) is 14.9 Å². The van der Waals surface area contributed by atoms with Gasteiger partial charge in [-0.05, 0) is 36.8 Å². The summed E-state index contributed by atoms with van der Waals surface area (Å²) in [7, 11) is 0. The summed E-state index contributed by atoms with van der Waals surface area (Å²) < 4.78 is 0. The van der Waals surface area contributed by atoms with Crippen LogP contribution in [0.15, 0.2) is 42.6 Å². The number of hydrogen-bond acceptors (Lipinski definition) is 6. The Hall–Kier alpha value is -3.00. The van der Waals surface area contributed by atoms with E-state index < -0.39 is 0 Å². The molecule has 0 aliphatic carbocycles. The molecular weight excluding hydrogens is 386 g/mol. The van der Waals surface area contributed by atoms with Gasteiger partial charge in [0.25, 0.3) is 5.91 Å². The van der Waals surface area contributed by atoms with E-state index >= 15 is 0 Å². The lowest BCUT2D eigenvalue weighted by molar-refractivity contribution is -0.117. The molecule has 7 nitrogen and oxygen atoms in total. The lowest BCUT2D eigenvalue weighted by Crippen LogP contribution is -2.48. The molecule has 0 radical (unpaired) electrons. The summed E-state index contributed by atoms with van der Waals surface area (Å²) in [5, 5.41) is 0.959. The molecule has 5 rings (SSSR count). The number of pyridine rings is 1. The largest absolute Gasteiger partial charge is 0.344 e. The number of nitrogens with zero attached hydrogens (tertiary/aromatic N) is 5. The Balaban J connectivity index is 1.27. The van der Waals surface area contributed by atoms with Crippen molar-refractivity contribution in [3.63, 3.8) is 0 Å². The summed E-state index contributed by atoms with van der Waals surface area (Å²) in [6, 6.07) is 11.3. The molecule has 148 valence electrons. The molecule has 0 saturated carbocycles. The number of piperazine rings is 1. The maximum atomic E-state index is 13.0. The second kappa shape index (κ2) is 7.44. The minimum absolute atomic E-state index is 0.0177. The maximum absolute atomic E-state index is 13.0. The molecule has 0 N–H and O–H groups in total. The third kappa shape index (κ3) is 3.44. The molecule has 0 atom stereocenters. The average molecular weight is 407 g/mol. The molecule has 2 aliphatic heterocycles. The van der Waals surface area contributed by atoms with Crippen molar-refractivity contribution in [2.75, 3.05) is 42.5 Å². The van der Waals surface area contributed by atoms with Crippen molar-refractivity contribution in [2.45, 2.75) is 12.8 Å². The Bertz CT molecular complexity index is 1040. The lowest BCUT2D eigenvalue weighted by Gasteiger charge is -2.34. The number of fused-ring (bicyclic) bond motifs is 1. The van der Waals surface area contributed by atoms with E-state index in [0.29, 0.717) is 25.1 Å². The smallest absolute Gasteiger partial charge is 0.254 e. The van der Waals surface area contributed by atoms with Gasteiger partial charge in [-0.1, -0.05) is 17.4 Å². The van der Waals surface area contributed by atoms with Gasteiger partial charge in [0.1, 0.15) is 10.3 Å². The number of aromatic nitrogens is 2. The Morgan fingerprint density at radius 2 is 1.90 bits per heavy atom. The lowest BCUT2D eigenvalue weighted by atomic mass is 10.1. The van der Waals surface area contributed by atoms with Gasteiger partial charge in [-0.15, -0.1) is 0 Å². The van der Waals surface area contributed by atoms with Crippen LogP contribution >= 0.6 is 11.3 Å². The normalized spacial score (nSPS) is 17.4. The van der Waals surface area contributed by atoms with Crippen molar-refractivity contribution in [3.8, 4) is 0 Å². The Morgan fingerprint density at radius 1 is 1.03 bits per heavy atom. The predicted molar refractivity (Wildman–Crippen MR) is 114 cm³/mol. The van der Waals surface area contributed by atoms with E-state index in [-0.39, 0.29) is 11.8 Å². The SMILES string of the molecule is O=C(c1cccc(N2CCCC2=O)c1)N1CCN(c2nc3cccnc3s2)CC1. The van der Waals surface area contributed by atoms with Crippen molar-refractivity contribution in [3.05, 3.63) is 48.2 Å². The van der Waals surface area contributed by atoms with Crippen LogP contribution in [0.25, 0.3) is 10.3 Å². The molecule has 2 fully saturated rings. The van der Waals surface area contributed by atoms with E-state index in [1.165, 1.54) is 0 Å². The number of anilines is 2. The van der Waals surface area contributed by atoms with Crippen molar-refractivity contribution in [1.29, 1.82) is 0 Å². The van der Waals surface area contributed by atoms with Crippen LogP contribution in [0.1, 0.15) is 23.2 Å². The fourth-order valence-corrected chi connectivity index (χ4v) is 4.87. The summed E-state index contributed by atoms with van der Waals surface area (Å²) in [6.45, 7) is 3.52. The summed E-state index contributed by atoms with van der Waals surface area (Å²) in [6.07, 6.45) is 3.24. The van der Waals surface area contributed by atoms with Crippen LogP contribution in [0.3, 0.4) is 0 Å². The molecule has 3 aromatic rings. The van der Waals surface area contributed by atoms with Crippen LogP contribution in [-0.4, -0.2) is 59.4 Å². The van der Waals surface area contributed by atoms with E-state index in [4.69, 9.17) is 0 Å². The first kappa shape index (κ1) is 18.1. The van der Waals surface area contributed by atoms with Crippen LogP contribution in [-0.2, 0) is 4.79 Å². The van der Waals surface area contributed by atoms with Gasteiger partial charge in [-0.25, -0.2) is 9.97 Å². The zero-order chi connectivity index (χ0) is 19.8. The second-order valence-electron chi connectivity index (χ2n) is 7.30. The van der Waals surface area contributed by atoms with Gasteiger partial charge in [0, 0.05) is 56.6 Å². The predicted octanol–water partition coefficient (Wildman–Crippen LogP) is 2.78. The van der Waals surface area contributed by atoms with Crippen molar-refractivity contribution < 1.29 is 9.59 Å². The van der Waals surface area contributed by atoms with Gasteiger partial charge in [-0.3, -0.25) is 9.59 Å². The third-order valence-electron chi connectivity index (χ3n) is 5.47. The van der Waals surface area contributed by atoms with E-state index in [9.17, 15) is 9.59 Å². The Morgan fingerprint density at radius 3 is 2.66 bits per heavy atom. The quantitative estimate of drug-likeness (QED) is 0.668. The standard InChI is InChI=1S/C21H21N5O2S/c27-18-7-3-9-26(18)16-5-1-4-15(14-16)20(28)24-10-12-25(13-11-24)21-23-17-6-2-8-22-19(17)29-21/h1-2,4-6,8,14H,3,7,9-13H2. The van der Waals surface area contributed by atoms with Gasteiger partial charge in [0.15, 0.2) is 5.13 Å². The number of rotatable bonds is 3. The van der Waals surface area contributed by atoms with E-state index in [0.717, 1.165) is 47.2 Å². The topological polar surface area (TPSA) is 69.6 Å².